The fraction of sp³-hybridized carbons (Fsp3) is 0.923. The quantitative estimate of drug-likeness (QED) is 0.771. The van der Waals surface area contributed by atoms with Gasteiger partial charge in [0, 0.05) is 12.6 Å². The van der Waals surface area contributed by atoms with E-state index in [0.717, 1.165) is 19.3 Å². The lowest BCUT2D eigenvalue weighted by Crippen LogP contribution is -2.57. The maximum Gasteiger partial charge on any atom is 0.240 e. The molecule has 1 aliphatic rings. The van der Waals surface area contributed by atoms with Crippen LogP contribution >= 0.6 is 0 Å². The van der Waals surface area contributed by atoms with Crippen LogP contribution in [0.3, 0.4) is 0 Å². The zero-order chi connectivity index (χ0) is 13.1. The largest absolute Gasteiger partial charge is 0.353 e. The molecule has 0 bridgehead atoms. The average molecular weight is 241 g/mol. The third-order valence-electron chi connectivity index (χ3n) is 3.92. The lowest BCUT2D eigenvalue weighted by Gasteiger charge is -2.35. The first kappa shape index (κ1) is 14.5. The second-order valence-corrected chi connectivity index (χ2v) is 5.88. The Balaban J connectivity index is 2.46. The molecule has 4 nitrogen and oxygen atoms in total. The fourth-order valence-electron chi connectivity index (χ4n) is 2.40. The van der Waals surface area contributed by atoms with Gasteiger partial charge in [0.15, 0.2) is 0 Å². The normalized spacial score (nSPS) is 31.3. The third-order valence-corrected chi connectivity index (χ3v) is 3.92. The van der Waals surface area contributed by atoms with E-state index in [9.17, 15) is 4.79 Å². The molecule has 0 aliphatic heterocycles. The van der Waals surface area contributed by atoms with Crippen LogP contribution in [0.25, 0.3) is 0 Å². The van der Waals surface area contributed by atoms with Crippen molar-refractivity contribution in [2.45, 2.75) is 51.1 Å². The van der Waals surface area contributed by atoms with Gasteiger partial charge >= 0.3 is 0 Å². The van der Waals surface area contributed by atoms with Crippen LogP contribution < -0.4 is 11.1 Å². The number of carbonyl (C=O) groups excluding carboxylic acids is 1. The molecular formula is C13H27N3O. The highest BCUT2D eigenvalue weighted by molar-refractivity contribution is 5.86. The van der Waals surface area contributed by atoms with Gasteiger partial charge in [-0.1, -0.05) is 19.8 Å². The molecule has 4 heteroatoms. The molecule has 0 radical (unpaired) electrons. The molecule has 0 heterocycles. The monoisotopic (exact) mass is 241 g/mol. The van der Waals surface area contributed by atoms with E-state index in [4.69, 9.17) is 5.73 Å². The first-order valence-electron chi connectivity index (χ1n) is 6.59. The van der Waals surface area contributed by atoms with E-state index in [1.165, 1.54) is 6.42 Å². The first-order chi connectivity index (χ1) is 7.85. The number of hydrogen-bond acceptors (Lipinski definition) is 3. The van der Waals surface area contributed by atoms with Crippen LogP contribution in [0.15, 0.2) is 0 Å². The second kappa shape index (κ2) is 5.83. The Morgan fingerprint density at radius 3 is 2.76 bits per heavy atom. The van der Waals surface area contributed by atoms with Gasteiger partial charge in [-0.05, 0) is 39.8 Å². The minimum absolute atomic E-state index is 0.0257. The van der Waals surface area contributed by atoms with Crippen molar-refractivity contribution in [3.05, 3.63) is 0 Å². The van der Waals surface area contributed by atoms with Crippen molar-refractivity contribution in [1.82, 2.24) is 10.2 Å². The number of nitrogens with two attached hydrogens (primary N) is 1. The average Bonchev–Trinajstić information content (AvgIpc) is 2.24. The number of amides is 1. The van der Waals surface area contributed by atoms with Crippen molar-refractivity contribution in [3.8, 4) is 0 Å². The van der Waals surface area contributed by atoms with Gasteiger partial charge < -0.3 is 16.0 Å². The number of nitrogens with one attached hydrogen (secondary N) is 1. The number of rotatable bonds is 4. The van der Waals surface area contributed by atoms with E-state index < -0.39 is 5.54 Å². The zero-order valence-corrected chi connectivity index (χ0v) is 11.6. The Morgan fingerprint density at radius 1 is 1.59 bits per heavy atom. The molecule has 3 unspecified atom stereocenters. The molecule has 1 rings (SSSR count). The summed E-state index contributed by atoms with van der Waals surface area (Å²) in [5, 5.41) is 2.99. The Bertz CT molecular complexity index is 267. The van der Waals surface area contributed by atoms with E-state index in [-0.39, 0.29) is 5.91 Å². The van der Waals surface area contributed by atoms with Crippen molar-refractivity contribution >= 4 is 5.91 Å². The highest BCUT2D eigenvalue weighted by atomic mass is 16.2. The topological polar surface area (TPSA) is 58.4 Å². The van der Waals surface area contributed by atoms with Crippen molar-refractivity contribution < 1.29 is 4.79 Å². The molecule has 100 valence electrons. The summed E-state index contributed by atoms with van der Waals surface area (Å²) < 4.78 is 0. The van der Waals surface area contributed by atoms with Gasteiger partial charge in [0.1, 0.15) is 0 Å². The Hall–Kier alpha value is -0.610. The standard InChI is InChI=1S/C13H27N3O/c1-10-6-5-7-13(14,8-10)12(17)15-9-11(2)16(3)4/h10-11H,5-9,14H2,1-4H3,(H,15,17). The molecule has 1 fully saturated rings. The lowest BCUT2D eigenvalue weighted by molar-refractivity contribution is -0.128. The van der Waals surface area contributed by atoms with Gasteiger partial charge in [-0.3, -0.25) is 4.79 Å². The summed E-state index contributed by atoms with van der Waals surface area (Å²) in [6.07, 6.45) is 3.89. The summed E-state index contributed by atoms with van der Waals surface area (Å²) in [5.74, 6) is 0.587. The van der Waals surface area contributed by atoms with Crippen LogP contribution in [0.1, 0.15) is 39.5 Å². The van der Waals surface area contributed by atoms with Gasteiger partial charge in [-0.15, -0.1) is 0 Å². The summed E-state index contributed by atoms with van der Waals surface area (Å²) in [6.45, 7) is 4.93. The summed E-state index contributed by atoms with van der Waals surface area (Å²) in [6, 6.07) is 0.337. The lowest BCUT2D eigenvalue weighted by atomic mass is 9.76. The molecule has 0 aromatic rings. The highest BCUT2D eigenvalue weighted by Crippen LogP contribution is 2.30. The van der Waals surface area contributed by atoms with Crippen molar-refractivity contribution in [2.75, 3.05) is 20.6 Å². The molecule has 3 N–H and O–H groups in total. The minimum Gasteiger partial charge on any atom is -0.353 e. The molecule has 1 aliphatic carbocycles. The van der Waals surface area contributed by atoms with Gasteiger partial charge in [0.05, 0.1) is 5.54 Å². The third kappa shape index (κ3) is 3.96. The van der Waals surface area contributed by atoms with Crippen LogP contribution in [0.4, 0.5) is 0 Å². The number of likely N-dealkylation sites (N-methyl/N-ethyl adjacent to an activating group) is 1. The fourth-order valence-corrected chi connectivity index (χ4v) is 2.40. The second-order valence-electron chi connectivity index (χ2n) is 5.88. The summed E-state index contributed by atoms with van der Waals surface area (Å²) >= 11 is 0. The SMILES string of the molecule is CC1CCCC(N)(C(=O)NCC(C)N(C)C)C1. The van der Waals surface area contributed by atoms with E-state index >= 15 is 0 Å². The van der Waals surface area contributed by atoms with Gasteiger partial charge in [0.25, 0.3) is 0 Å². The molecule has 1 saturated carbocycles. The van der Waals surface area contributed by atoms with Gasteiger partial charge in [0.2, 0.25) is 5.91 Å². The summed E-state index contributed by atoms with van der Waals surface area (Å²) in [5.41, 5.74) is 5.59. The van der Waals surface area contributed by atoms with E-state index in [1.807, 2.05) is 14.1 Å². The van der Waals surface area contributed by atoms with Crippen molar-refractivity contribution in [1.29, 1.82) is 0 Å². The maximum atomic E-state index is 12.1. The maximum absolute atomic E-state index is 12.1. The molecule has 17 heavy (non-hydrogen) atoms. The van der Waals surface area contributed by atoms with Crippen molar-refractivity contribution in [2.24, 2.45) is 11.7 Å². The van der Waals surface area contributed by atoms with Gasteiger partial charge in [-0.25, -0.2) is 0 Å². The van der Waals surface area contributed by atoms with Crippen LogP contribution in [0.2, 0.25) is 0 Å². The summed E-state index contributed by atoms with van der Waals surface area (Å²) in [4.78, 5) is 14.2. The predicted molar refractivity (Wildman–Crippen MR) is 70.7 cm³/mol. The smallest absolute Gasteiger partial charge is 0.240 e. The number of hydrogen-bond donors (Lipinski definition) is 2. The van der Waals surface area contributed by atoms with E-state index in [1.54, 1.807) is 0 Å². The number of carbonyl (C=O) groups is 1. The molecule has 0 spiro atoms. The predicted octanol–water partition coefficient (Wildman–Crippen LogP) is 0.960. The minimum atomic E-state index is -0.635. The molecule has 3 atom stereocenters. The Morgan fingerprint density at radius 2 is 2.24 bits per heavy atom. The van der Waals surface area contributed by atoms with Crippen LogP contribution in [0, 0.1) is 5.92 Å². The van der Waals surface area contributed by atoms with Gasteiger partial charge in [-0.2, -0.15) is 0 Å². The van der Waals surface area contributed by atoms with Crippen LogP contribution in [0.5, 0.6) is 0 Å². The zero-order valence-electron chi connectivity index (χ0n) is 11.6. The van der Waals surface area contributed by atoms with E-state index in [2.05, 4.69) is 24.1 Å². The molecule has 0 aromatic carbocycles. The summed E-state index contributed by atoms with van der Waals surface area (Å²) in [7, 11) is 4.02. The molecular weight excluding hydrogens is 214 g/mol. The molecule has 1 amide bonds. The van der Waals surface area contributed by atoms with E-state index in [0.29, 0.717) is 18.5 Å². The Kier molecular flexibility index (Phi) is 4.95. The number of nitrogens with zero attached hydrogens (tertiary/aromatic N) is 1. The van der Waals surface area contributed by atoms with Crippen LogP contribution in [-0.4, -0.2) is 43.0 Å². The van der Waals surface area contributed by atoms with Crippen molar-refractivity contribution in [3.63, 3.8) is 0 Å². The molecule has 0 saturated heterocycles. The highest BCUT2D eigenvalue weighted by Gasteiger charge is 2.37. The Labute approximate surface area is 105 Å². The van der Waals surface area contributed by atoms with Crippen LogP contribution in [-0.2, 0) is 4.79 Å². The molecule has 0 aromatic heterocycles. The first-order valence-corrected chi connectivity index (χ1v) is 6.59.